The second-order valence-electron chi connectivity index (χ2n) is 7.62. The third-order valence-electron chi connectivity index (χ3n) is 5.00. The summed E-state index contributed by atoms with van der Waals surface area (Å²) in [6.45, 7) is 4.79. The van der Waals surface area contributed by atoms with Crippen molar-refractivity contribution in [2.45, 2.75) is 44.9 Å². The number of aliphatic hydroxyl groups is 1. The molecule has 0 spiro atoms. The number of aliphatic hydroxyl groups excluding tert-OH is 1. The average Bonchev–Trinajstić information content (AvgIpc) is 2.70. The fourth-order valence-electron chi connectivity index (χ4n) is 3.75. The van der Waals surface area contributed by atoms with Gasteiger partial charge in [0.1, 0.15) is 5.75 Å². The van der Waals surface area contributed by atoms with E-state index in [1.165, 1.54) is 0 Å². The summed E-state index contributed by atoms with van der Waals surface area (Å²) in [7, 11) is 0. The number of hydrogen-bond acceptors (Lipinski definition) is 4. The zero-order valence-corrected chi connectivity index (χ0v) is 18.7. The van der Waals surface area contributed by atoms with Crippen molar-refractivity contribution < 1.29 is 19.4 Å². The summed E-state index contributed by atoms with van der Waals surface area (Å²) in [5.41, 5.74) is 1.73. The summed E-state index contributed by atoms with van der Waals surface area (Å²) in [6.07, 6.45) is 0.416. The highest BCUT2D eigenvalue weighted by Gasteiger charge is 2.36. The van der Waals surface area contributed by atoms with Crippen LogP contribution in [0.5, 0.6) is 5.75 Å². The predicted molar refractivity (Wildman–Crippen MR) is 118 cm³/mol. The fourth-order valence-corrected chi connectivity index (χ4v) is 4.06. The summed E-state index contributed by atoms with van der Waals surface area (Å²) in [4.78, 5) is 15.1. The van der Waals surface area contributed by atoms with Crippen molar-refractivity contribution in [1.29, 1.82) is 0 Å². The van der Waals surface area contributed by atoms with Crippen molar-refractivity contribution >= 4 is 29.1 Å². The van der Waals surface area contributed by atoms with Crippen LogP contribution in [-0.2, 0) is 16.0 Å². The average molecular weight is 452 g/mol. The lowest BCUT2D eigenvalue weighted by atomic mass is 9.95. The summed E-state index contributed by atoms with van der Waals surface area (Å²) in [6, 6.07) is 12.6. The van der Waals surface area contributed by atoms with Crippen LogP contribution < -0.4 is 4.74 Å². The van der Waals surface area contributed by atoms with Crippen LogP contribution >= 0.6 is 23.2 Å². The Morgan fingerprint density at radius 2 is 2.03 bits per heavy atom. The Morgan fingerprint density at radius 3 is 2.73 bits per heavy atom. The van der Waals surface area contributed by atoms with E-state index >= 15 is 0 Å². The summed E-state index contributed by atoms with van der Waals surface area (Å²) in [5.74, 6) is 0.732. The number of rotatable bonds is 7. The van der Waals surface area contributed by atoms with E-state index in [-0.39, 0.29) is 37.2 Å². The molecule has 1 aliphatic rings. The minimum atomic E-state index is -0.344. The van der Waals surface area contributed by atoms with Crippen molar-refractivity contribution in [1.82, 2.24) is 4.90 Å². The molecule has 2 aromatic rings. The smallest absolute Gasteiger partial charge is 0.227 e. The maximum Gasteiger partial charge on any atom is 0.227 e. The largest absolute Gasteiger partial charge is 0.491 e. The van der Waals surface area contributed by atoms with Gasteiger partial charge in [0.2, 0.25) is 5.91 Å². The predicted octanol–water partition coefficient (Wildman–Crippen LogP) is 4.67. The van der Waals surface area contributed by atoms with Gasteiger partial charge in [0, 0.05) is 13.2 Å². The van der Waals surface area contributed by atoms with Crippen molar-refractivity contribution in [3.63, 3.8) is 0 Å². The molecular formula is C23H27Cl2NO4. The van der Waals surface area contributed by atoms with Crippen LogP contribution in [0.15, 0.2) is 42.5 Å². The highest BCUT2D eigenvalue weighted by Crippen LogP contribution is 2.35. The van der Waals surface area contributed by atoms with Gasteiger partial charge in [-0.05, 0) is 55.7 Å². The van der Waals surface area contributed by atoms with Gasteiger partial charge in [-0.2, -0.15) is 0 Å². The first-order valence-corrected chi connectivity index (χ1v) is 10.9. The van der Waals surface area contributed by atoms with Gasteiger partial charge in [-0.15, -0.1) is 0 Å². The molecule has 1 heterocycles. The van der Waals surface area contributed by atoms with E-state index in [0.717, 1.165) is 16.9 Å². The Morgan fingerprint density at radius 1 is 1.23 bits per heavy atom. The minimum absolute atomic E-state index is 0.0148. The van der Waals surface area contributed by atoms with Crippen LogP contribution in [0.3, 0.4) is 0 Å². The minimum Gasteiger partial charge on any atom is -0.491 e. The highest BCUT2D eigenvalue weighted by atomic mass is 35.5. The summed E-state index contributed by atoms with van der Waals surface area (Å²) >= 11 is 12.3. The molecule has 5 nitrogen and oxygen atoms in total. The Labute approximate surface area is 187 Å². The molecule has 7 heteroatoms. The van der Waals surface area contributed by atoms with Crippen LogP contribution in [-0.4, -0.2) is 47.9 Å². The van der Waals surface area contributed by atoms with Gasteiger partial charge in [0.05, 0.1) is 41.3 Å². The summed E-state index contributed by atoms with van der Waals surface area (Å²) < 4.78 is 11.6. The number of benzene rings is 2. The van der Waals surface area contributed by atoms with Crippen molar-refractivity contribution in [2.75, 3.05) is 19.8 Å². The van der Waals surface area contributed by atoms with Crippen LogP contribution in [0.1, 0.15) is 37.4 Å². The van der Waals surface area contributed by atoms with Gasteiger partial charge in [0.15, 0.2) is 0 Å². The first kappa shape index (κ1) is 22.9. The fraction of sp³-hybridized carbons (Fsp3) is 0.435. The SMILES string of the molecule is CC(C)Oc1cccc(CC(=O)N2CCO[C@H](CCO)C2c2ccc(Cl)c(Cl)c2)c1. The van der Waals surface area contributed by atoms with Crippen LogP contribution in [0.25, 0.3) is 0 Å². The third-order valence-corrected chi connectivity index (χ3v) is 5.74. The number of carbonyl (C=O) groups excluding carboxylic acids is 1. The Hall–Kier alpha value is -1.79. The molecule has 1 fully saturated rings. The van der Waals surface area contributed by atoms with Crippen LogP contribution in [0, 0.1) is 0 Å². The van der Waals surface area contributed by atoms with Gasteiger partial charge < -0.3 is 19.5 Å². The van der Waals surface area contributed by atoms with Crippen molar-refractivity contribution in [2.24, 2.45) is 0 Å². The topological polar surface area (TPSA) is 59.0 Å². The van der Waals surface area contributed by atoms with Gasteiger partial charge >= 0.3 is 0 Å². The molecule has 1 amide bonds. The zero-order chi connectivity index (χ0) is 21.7. The van der Waals surface area contributed by atoms with E-state index in [9.17, 15) is 9.90 Å². The molecule has 3 rings (SSSR count). The monoisotopic (exact) mass is 451 g/mol. The Balaban J connectivity index is 1.85. The molecule has 2 aromatic carbocycles. The molecule has 0 aliphatic carbocycles. The lowest BCUT2D eigenvalue weighted by Gasteiger charge is -2.41. The van der Waals surface area contributed by atoms with E-state index in [2.05, 4.69) is 0 Å². The van der Waals surface area contributed by atoms with Gasteiger partial charge in [-0.1, -0.05) is 41.4 Å². The number of morpholine rings is 1. The Kier molecular flexibility index (Phi) is 8.00. The molecule has 30 heavy (non-hydrogen) atoms. The molecule has 2 atom stereocenters. The third kappa shape index (κ3) is 5.67. The summed E-state index contributed by atoms with van der Waals surface area (Å²) in [5, 5.41) is 10.4. The normalized spacial score (nSPS) is 19.2. The van der Waals surface area contributed by atoms with Gasteiger partial charge in [-0.25, -0.2) is 0 Å². The second-order valence-corrected chi connectivity index (χ2v) is 8.43. The molecule has 162 valence electrons. The number of nitrogens with zero attached hydrogens (tertiary/aromatic N) is 1. The van der Waals surface area contributed by atoms with Crippen LogP contribution in [0.4, 0.5) is 0 Å². The maximum atomic E-state index is 13.3. The first-order chi connectivity index (χ1) is 14.4. The van der Waals surface area contributed by atoms with Crippen molar-refractivity contribution in [3.8, 4) is 5.75 Å². The molecular weight excluding hydrogens is 425 g/mol. The standard InChI is InChI=1S/C23H27Cl2NO4/c1-15(2)30-18-5-3-4-16(12-18)13-22(28)26-9-11-29-21(8-10-27)23(26)17-6-7-19(24)20(25)14-17/h3-7,12,14-15,21,23,27H,8-11,13H2,1-2H3/t21-,23?/m1/s1. The lowest BCUT2D eigenvalue weighted by molar-refractivity contribution is -0.147. The van der Waals surface area contributed by atoms with E-state index < -0.39 is 0 Å². The lowest BCUT2D eigenvalue weighted by Crippen LogP contribution is -2.49. The maximum absolute atomic E-state index is 13.3. The molecule has 0 radical (unpaired) electrons. The number of amides is 1. The molecule has 1 N–H and O–H groups in total. The van der Waals surface area contributed by atoms with Gasteiger partial charge in [-0.3, -0.25) is 4.79 Å². The number of carbonyl (C=O) groups is 1. The van der Waals surface area contributed by atoms with E-state index in [1.54, 1.807) is 12.1 Å². The molecule has 1 saturated heterocycles. The highest BCUT2D eigenvalue weighted by molar-refractivity contribution is 6.42. The van der Waals surface area contributed by atoms with Gasteiger partial charge in [0.25, 0.3) is 0 Å². The van der Waals surface area contributed by atoms with E-state index in [1.807, 2.05) is 49.1 Å². The Bertz CT molecular complexity index is 872. The molecule has 1 aliphatic heterocycles. The number of ether oxygens (including phenoxy) is 2. The van der Waals surface area contributed by atoms with Crippen LogP contribution in [0.2, 0.25) is 10.0 Å². The quantitative estimate of drug-likeness (QED) is 0.663. The number of halogens is 2. The first-order valence-electron chi connectivity index (χ1n) is 10.1. The van der Waals surface area contributed by atoms with E-state index in [4.69, 9.17) is 32.7 Å². The second kappa shape index (κ2) is 10.5. The molecule has 0 bridgehead atoms. The molecule has 1 unspecified atom stereocenters. The zero-order valence-electron chi connectivity index (χ0n) is 17.2. The number of hydrogen-bond donors (Lipinski definition) is 1. The van der Waals surface area contributed by atoms with Crippen molar-refractivity contribution in [3.05, 3.63) is 63.6 Å². The molecule has 0 aromatic heterocycles. The molecule has 0 saturated carbocycles. The van der Waals surface area contributed by atoms with E-state index in [0.29, 0.717) is 29.6 Å².